The molecule has 0 aromatic heterocycles. The van der Waals surface area contributed by atoms with Crippen LogP contribution in [0.25, 0.3) is 88.0 Å². The van der Waals surface area contributed by atoms with E-state index in [1.807, 2.05) is 0 Å². The molecule has 62 heavy (non-hydrogen) atoms. The molecule has 0 fully saturated rings. The lowest BCUT2D eigenvalue weighted by atomic mass is 9.70. The lowest BCUT2D eigenvalue weighted by Crippen LogP contribution is -2.26. The van der Waals surface area contributed by atoms with Crippen molar-refractivity contribution in [2.24, 2.45) is 0 Å². The molecule has 0 saturated heterocycles. The molecule has 0 aliphatic heterocycles. The highest BCUT2D eigenvalue weighted by molar-refractivity contribution is 6.16. The Kier molecular flexibility index (Phi) is 6.82. The van der Waals surface area contributed by atoms with Crippen LogP contribution in [-0.2, 0) is 5.41 Å². The van der Waals surface area contributed by atoms with Crippen LogP contribution in [0.2, 0.25) is 0 Å². The summed E-state index contributed by atoms with van der Waals surface area (Å²) in [5, 5.41) is 7.72. The zero-order valence-corrected chi connectivity index (χ0v) is 33.8. The van der Waals surface area contributed by atoms with E-state index in [1.54, 1.807) is 0 Å². The molecule has 3 aliphatic rings. The van der Waals surface area contributed by atoms with E-state index in [4.69, 9.17) is 0 Å². The van der Waals surface area contributed by atoms with Gasteiger partial charge in [0.05, 0.1) is 5.41 Å². The van der Waals surface area contributed by atoms with Crippen LogP contribution >= 0.6 is 0 Å². The first-order chi connectivity index (χ1) is 30.7. The van der Waals surface area contributed by atoms with Crippen molar-refractivity contribution in [1.82, 2.24) is 0 Å². The summed E-state index contributed by atoms with van der Waals surface area (Å²) in [6.45, 7) is 0. The van der Waals surface area contributed by atoms with E-state index in [2.05, 4.69) is 229 Å². The maximum atomic E-state index is 2.50. The van der Waals surface area contributed by atoms with E-state index in [0.717, 1.165) is 17.1 Å². The van der Waals surface area contributed by atoms with Gasteiger partial charge in [0.25, 0.3) is 0 Å². The van der Waals surface area contributed by atoms with E-state index >= 15 is 0 Å². The van der Waals surface area contributed by atoms with Crippen LogP contribution in [0.5, 0.6) is 0 Å². The number of fused-ring (bicyclic) bond motifs is 16. The van der Waals surface area contributed by atoms with Crippen molar-refractivity contribution in [3.63, 3.8) is 0 Å². The van der Waals surface area contributed by atoms with Gasteiger partial charge in [0.15, 0.2) is 0 Å². The van der Waals surface area contributed by atoms with Crippen molar-refractivity contribution < 1.29 is 0 Å². The average Bonchev–Trinajstić information content (AvgIpc) is 3.94. The minimum atomic E-state index is -0.430. The SMILES string of the molecule is c1ccc2c(c1)-c1ccccc1C21c2ccccc2-c2ccc(N(c3ccc(-c4ccc5ccc6ccccc6c5c4)cc3)c3ccc4c(c3)-c3cccc5cccc-4c35)cc21. The molecule has 1 spiro atoms. The number of nitrogens with zero attached hydrogens (tertiary/aromatic N) is 1. The maximum absolute atomic E-state index is 2.50. The predicted octanol–water partition coefficient (Wildman–Crippen LogP) is 16.3. The first-order valence-corrected chi connectivity index (χ1v) is 21.7. The number of anilines is 3. The van der Waals surface area contributed by atoms with Gasteiger partial charge in [0.1, 0.15) is 0 Å². The Balaban J connectivity index is 0.978. The second kappa shape index (κ2) is 12.5. The molecule has 0 N–H and O–H groups in total. The Bertz CT molecular complexity index is 3630. The lowest BCUT2D eigenvalue weighted by molar-refractivity contribution is 0.793. The molecule has 0 amide bonds. The van der Waals surface area contributed by atoms with E-state index in [0.29, 0.717) is 0 Å². The van der Waals surface area contributed by atoms with Crippen LogP contribution in [0.15, 0.2) is 224 Å². The Hall–Kier alpha value is -8.00. The van der Waals surface area contributed by atoms with Gasteiger partial charge in [-0.2, -0.15) is 0 Å². The van der Waals surface area contributed by atoms with Gasteiger partial charge in [0, 0.05) is 17.1 Å². The quantitative estimate of drug-likeness (QED) is 0.161. The molecule has 0 atom stereocenters. The van der Waals surface area contributed by atoms with Gasteiger partial charge < -0.3 is 4.90 Å². The monoisotopic (exact) mass is 783 g/mol. The summed E-state index contributed by atoms with van der Waals surface area (Å²) in [6, 6.07) is 84.2. The van der Waals surface area contributed by atoms with Crippen molar-refractivity contribution in [2.45, 2.75) is 5.41 Å². The van der Waals surface area contributed by atoms with Gasteiger partial charge in [-0.05, 0) is 153 Å². The molecule has 0 radical (unpaired) electrons. The van der Waals surface area contributed by atoms with Crippen LogP contribution < -0.4 is 4.90 Å². The molecular formula is C61H37N. The summed E-state index contributed by atoms with van der Waals surface area (Å²) in [6.07, 6.45) is 0. The second-order valence-corrected chi connectivity index (χ2v) is 17.2. The number of benzene rings is 11. The molecule has 0 unspecified atom stereocenters. The lowest BCUT2D eigenvalue weighted by Gasteiger charge is -2.32. The molecule has 286 valence electrons. The molecule has 11 aromatic carbocycles. The van der Waals surface area contributed by atoms with Crippen molar-refractivity contribution in [1.29, 1.82) is 0 Å². The highest BCUT2D eigenvalue weighted by atomic mass is 15.1. The molecule has 0 saturated carbocycles. The predicted molar refractivity (Wildman–Crippen MR) is 260 cm³/mol. The normalized spacial score (nSPS) is 13.3. The Morgan fingerprint density at radius 1 is 0.258 bits per heavy atom. The standard InChI is InChI=1S/C61H37N/c1-2-14-46-39(11-1)23-24-40-25-26-42(35-54(40)46)38-27-29-43(30-28-38)62(44-31-33-47-52-18-9-12-41-13-10-19-53(60(41)52)55(47)36-44)45-32-34-51-50-17-5-8-22-58(50)61(59(51)37-45)56-20-6-3-15-48(56)49-16-4-7-21-57(49)61/h1-37H. The van der Waals surface area contributed by atoms with E-state index in [1.165, 1.54) is 110 Å². The number of rotatable bonds is 4. The summed E-state index contributed by atoms with van der Waals surface area (Å²) < 4.78 is 0. The van der Waals surface area contributed by atoms with E-state index < -0.39 is 5.41 Å². The van der Waals surface area contributed by atoms with Crippen molar-refractivity contribution in [3.8, 4) is 55.6 Å². The Morgan fingerprint density at radius 2 is 0.742 bits per heavy atom. The zero-order valence-electron chi connectivity index (χ0n) is 33.8. The third-order valence-electron chi connectivity index (χ3n) is 14.2. The molecule has 14 rings (SSSR count). The van der Waals surface area contributed by atoms with Gasteiger partial charge in [-0.3, -0.25) is 0 Å². The maximum Gasteiger partial charge on any atom is 0.0726 e. The van der Waals surface area contributed by atoms with Gasteiger partial charge in [-0.1, -0.05) is 182 Å². The third kappa shape index (κ3) is 4.47. The highest BCUT2D eigenvalue weighted by Gasteiger charge is 2.51. The topological polar surface area (TPSA) is 3.24 Å². The third-order valence-corrected chi connectivity index (χ3v) is 14.2. The van der Waals surface area contributed by atoms with Gasteiger partial charge >= 0.3 is 0 Å². The smallest absolute Gasteiger partial charge is 0.0726 e. The fraction of sp³-hybridized carbons (Fsp3) is 0.0164. The summed E-state index contributed by atoms with van der Waals surface area (Å²) >= 11 is 0. The molecule has 1 heteroatoms. The summed E-state index contributed by atoms with van der Waals surface area (Å²) in [5.74, 6) is 0. The second-order valence-electron chi connectivity index (χ2n) is 17.2. The molecule has 3 aliphatic carbocycles. The van der Waals surface area contributed by atoms with Crippen molar-refractivity contribution >= 4 is 49.4 Å². The minimum absolute atomic E-state index is 0.430. The van der Waals surface area contributed by atoms with Crippen LogP contribution in [0.4, 0.5) is 17.1 Å². The van der Waals surface area contributed by atoms with E-state index in [9.17, 15) is 0 Å². The van der Waals surface area contributed by atoms with Crippen LogP contribution in [0.1, 0.15) is 22.3 Å². The van der Waals surface area contributed by atoms with Crippen molar-refractivity contribution in [2.75, 3.05) is 4.90 Å². The molecular weight excluding hydrogens is 747 g/mol. The first kappa shape index (κ1) is 33.8. The summed E-state index contributed by atoms with van der Waals surface area (Å²) in [5.41, 5.74) is 21.2. The Labute approximate surface area is 360 Å². The van der Waals surface area contributed by atoms with Crippen LogP contribution in [0.3, 0.4) is 0 Å². The highest BCUT2D eigenvalue weighted by Crippen LogP contribution is 2.63. The molecule has 0 bridgehead atoms. The van der Waals surface area contributed by atoms with E-state index in [-0.39, 0.29) is 0 Å². The average molecular weight is 784 g/mol. The van der Waals surface area contributed by atoms with Gasteiger partial charge in [-0.25, -0.2) is 0 Å². The summed E-state index contributed by atoms with van der Waals surface area (Å²) in [4.78, 5) is 2.48. The molecule has 11 aromatic rings. The largest absolute Gasteiger partial charge is 0.310 e. The van der Waals surface area contributed by atoms with Gasteiger partial charge in [0.2, 0.25) is 0 Å². The zero-order chi connectivity index (χ0) is 40.5. The van der Waals surface area contributed by atoms with Crippen LogP contribution in [-0.4, -0.2) is 0 Å². The summed E-state index contributed by atoms with van der Waals surface area (Å²) in [7, 11) is 0. The fourth-order valence-corrected chi connectivity index (χ4v) is 11.6. The van der Waals surface area contributed by atoms with Crippen molar-refractivity contribution in [3.05, 3.63) is 247 Å². The fourth-order valence-electron chi connectivity index (χ4n) is 11.6. The number of hydrogen-bond acceptors (Lipinski definition) is 1. The molecule has 1 nitrogen and oxygen atoms in total. The first-order valence-electron chi connectivity index (χ1n) is 21.7. The Morgan fingerprint density at radius 3 is 1.44 bits per heavy atom. The van der Waals surface area contributed by atoms with Gasteiger partial charge in [-0.15, -0.1) is 0 Å². The minimum Gasteiger partial charge on any atom is -0.310 e. The molecule has 0 heterocycles. The van der Waals surface area contributed by atoms with Crippen LogP contribution in [0, 0.1) is 0 Å². The number of hydrogen-bond donors (Lipinski definition) is 0.